The summed E-state index contributed by atoms with van der Waals surface area (Å²) in [5, 5.41) is 0. The van der Waals surface area contributed by atoms with Crippen LogP contribution in [0.25, 0.3) is 0 Å². The number of ether oxygens (including phenoxy) is 2. The first kappa shape index (κ1) is 26.0. The lowest BCUT2D eigenvalue weighted by Crippen LogP contribution is -2.37. The summed E-state index contributed by atoms with van der Waals surface area (Å²) in [7, 11) is 1.38. The first-order valence-electron chi connectivity index (χ1n) is 9.30. The molecule has 0 aliphatic rings. The lowest BCUT2D eigenvalue weighted by atomic mass is 10.2. The van der Waals surface area contributed by atoms with Gasteiger partial charge in [-0.1, -0.05) is 26.7 Å². The smallest absolute Gasteiger partial charge is 0.423 e. The van der Waals surface area contributed by atoms with Gasteiger partial charge in [0.25, 0.3) is 6.29 Å². The van der Waals surface area contributed by atoms with Gasteiger partial charge in [-0.3, -0.25) is 18.6 Å². The van der Waals surface area contributed by atoms with E-state index in [-0.39, 0.29) is 19.4 Å². The van der Waals surface area contributed by atoms with Crippen molar-refractivity contribution >= 4 is 19.8 Å². The Kier molecular flexibility index (Phi) is 12.7. The number of likely N-dealkylation sites (N-methyl/N-ethyl adjacent to an activating group) is 1. The molecule has 0 aliphatic heterocycles. The van der Waals surface area contributed by atoms with Crippen molar-refractivity contribution in [3.8, 4) is 0 Å². The first-order chi connectivity index (χ1) is 12.5. The number of esters is 2. The second-order valence-electron chi connectivity index (χ2n) is 7.23. The normalized spacial score (nSPS) is 14.0. The highest BCUT2D eigenvalue weighted by atomic mass is 31.2. The number of carbonyl (C=O) groups excluding carboxylic acids is 2. The minimum atomic E-state index is -4.35. The van der Waals surface area contributed by atoms with Crippen molar-refractivity contribution < 1.29 is 42.1 Å². The van der Waals surface area contributed by atoms with Crippen LogP contribution in [-0.4, -0.2) is 68.5 Å². The van der Waals surface area contributed by atoms with Gasteiger partial charge in [-0.2, -0.15) is 0 Å². The van der Waals surface area contributed by atoms with E-state index in [1.165, 1.54) is 0 Å². The van der Waals surface area contributed by atoms with Crippen molar-refractivity contribution in [2.45, 2.75) is 58.7 Å². The Labute approximate surface area is 162 Å². The van der Waals surface area contributed by atoms with Crippen molar-refractivity contribution in [2.75, 3.05) is 40.9 Å². The second kappa shape index (κ2) is 13.2. The van der Waals surface area contributed by atoms with Gasteiger partial charge in [0.05, 0.1) is 21.1 Å². The zero-order chi connectivity index (χ0) is 20.9. The first-order valence-corrected chi connectivity index (χ1v) is 10.8. The highest BCUT2D eigenvalue weighted by Crippen LogP contribution is 2.43. The van der Waals surface area contributed by atoms with E-state index >= 15 is 0 Å². The fourth-order valence-corrected chi connectivity index (χ4v) is 2.46. The zero-order valence-electron chi connectivity index (χ0n) is 17.1. The van der Waals surface area contributed by atoms with E-state index in [0.717, 1.165) is 12.8 Å². The molecule has 0 spiro atoms. The number of phosphoric ester groups is 1. The average molecular weight is 412 g/mol. The summed E-state index contributed by atoms with van der Waals surface area (Å²) in [5.74, 6) is -1.13. The predicted molar refractivity (Wildman–Crippen MR) is 99.7 cm³/mol. The highest BCUT2D eigenvalue weighted by molar-refractivity contribution is 7.47. The van der Waals surface area contributed by atoms with Crippen LogP contribution in [-0.2, 0) is 32.7 Å². The Morgan fingerprint density at radius 3 is 1.85 bits per heavy atom. The van der Waals surface area contributed by atoms with Gasteiger partial charge >= 0.3 is 19.8 Å². The number of carbonyl (C=O) groups is 2. The summed E-state index contributed by atoms with van der Waals surface area (Å²) in [6, 6.07) is 0. The van der Waals surface area contributed by atoms with E-state index in [9.17, 15) is 19.0 Å². The molecule has 0 aromatic heterocycles. The van der Waals surface area contributed by atoms with Crippen molar-refractivity contribution in [3.05, 3.63) is 0 Å². The predicted octanol–water partition coefficient (Wildman–Crippen LogP) is 2.62. The van der Waals surface area contributed by atoms with Crippen LogP contribution in [0.1, 0.15) is 52.4 Å². The van der Waals surface area contributed by atoms with Gasteiger partial charge in [0, 0.05) is 12.8 Å². The lowest BCUT2D eigenvalue weighted by molar-refractivity contribution is -0.870. The molecular formula is C17H35NO8P+. The number of quaternary nitrogens is 1. The monoisotopic (exact) mass is 412 g/mol. The van der Waals surface area contributed by atoms with Gasteiger partial charge in [0.2, 0.25) is 0 Å². The highest BCUT2D eigenvalue weighted by Gasteiger charge is 2.27. The molecule has 0 fully saturated rings. The maximum atomic E-state index is 11.9. The molecule has 0 aromatic carbocycles. The molecule has 0 saturated heterocycles. The van der Waals surface area contributed by atoms with E-state index in [0.29, 0.717) is 23.9 Å². The van der Waals surface area contributed by atoms with Gasteiger partial charge < -0.3 is 18.9 Å². The van der Waals surface area contributed by atoms with E-state index < -0.39 is 32.7 Å². The van der Waals surface area contributed by atoms with E-state index in [1.807, 2.05) is 35.0 Å². The molecule has 0 aromatic rings. The van der Waals surface area contributed by atoms with Crippen LogP contribution in [0.3, 0.4) is 0 Å². The molecule has 10 heteroatoms. The number of phosphoric acid groups is 1. The third kappa shape index (κ3) is 15.7. The standard InChI is InChI=1S/C17H34NO8P/c1-6-8-10-15(19)25-17(26-16(20)11-9-7-2)14-24-27(21,22)23-13-12-18(3,4)5/h17H,6-14H2,1-5H3/p+1. The Hall–Kier alpha value is -0.990. The van der Waals surface area contributed by atoms with Crippen molar-refractivity contribution in [1.82, 2.24) is 0 Å². The molecule has 160 valence electrons. The Balaban J connectivity index is 4.63. The summed E-state index contributed by atoms with van der Waals surface area (Å²) in [5.41, 5.74) is 0. The summed E-state index contributed by atoms with van der Waals surface area (Å²) in [4.78, 5) is 33.3. The molecule has 1 N–H and O–H groups in total. The maximum Gasteiger partial charge on any atom is 0.472 e. The second-order valence-corrected chi connectivity index (χ2v) is 8.68. The fourth-order valence-electron chi connectivity index (χ4n) is 1.77. The van der Waals surface area contributed by atoms with Gasteiger partial charge in [0.1, 0.15) is 19.8 Å². The molecule has 27 heavy (non-hydrogen) atoms. The summed E-state index contributed by atoms with van der Waals surface area (Å²) >= 11 is 0. The Bertz CT molecular complexity index is 470. The van der Waals surface area contributed by atoms with Crippen molar-refractivity contribution in [2.24, 2.45) is 0 Å². The van der Waals surface area contributed by atoms with Crippen LogP contribution in [0.15, 0.2) is 0 Å². The number of unbranched alkanes of at least 4 members (excludes halogenated alkanes) is 2. The lowest BCUT2D eigenvalue weighted by Gasteiger charge is -2.24. The Morgan fingerprint density at radius 1 is 0.963 bits per heavy atom. The van der Waals surface area contributed by atoms with Crippen LogP contribution < -0.4 is 0 Å². The molecular weight excluding hydrogens is 377 g/mol. The minimum absolute atomic E-state index is 0.00845. The van der Waals surface area contributed by atoms with Gasteiger partial charge in [-0.25, -0.2) is 4.57 Å². The van der Waals surface area contributed by atoms with E-state index in [1.54, 1.807) is 0 Å². The molecule has 0 rings (SSSR count). The molecule has 0 bridgehead atoms. The summed E-state index contributed by atoms with van der Waals surface area (Å²) in [6.45, 7) is 3.78. The van der Waals surface area contributed by atoms with E-state index in [4.69, 9.17) is 18.5 Å². The molecule has 9 nitrogen and oxygen atoms in total. The number of nitrogens with zero attached hydrogens (tertiary/aromatic N) is 1. The average Bonchev–Trinajstić information content (AvgIpc) is 2.54. The topological polar surface area (TPSA) is 108 Å². The molecule has 0 aliphatic carbocycles. The molecule has 1 atom stereocenters. The third-order valence-corrected chi connectivity index (χ3v) is 4.37. The SMILES string of the molecule is CCCCC(=O)OC(COP(=O)(O)OCC[N+](C)(C)C)OC(=O)CCCC. The van der Waals surface area contributed by atoms with Crippen LogP contribution in [0.5, 0.6) is 0 Å². The van der Waals surface area contributed by atoms with Gasteiger partial charge in [-0.15, -0.1) is 0 Å². The fraction of sp³-hybridized carbons (Fsp3) is 0.882. The van der Waals surface area contributed by atoms with Crippen molar-refractivity contribution in [1.29, 1.82) is 0 Å². The summed E-state index contributed by atoms with van der Waals surface area (Å²) in [6.07, 6.45) is 1.80. The largest absolute Gasteiger partial charge is 0.472 e. The maximum absolute atomic E-state index is 11.9. The number of hydrogen-bond donors (Lipinski definition) is 1. The van der Waals surface area contributed by atoms with E-state index in [2.05, 4.69) is 0 Å². The van der Waals surface area contributed by atoms with Crippen LogP contribution in [0.2, 0.25) is 0 Å². The Morgan fingerprint density at radius 2 is 1.44 bits per heavy atom. The zero-order valence-corrected chi connectivity index (χ0v) is 18.0. The van der Waals surface area contributed by atoms with Gasteiger partial charge in [0.15, 0.2) is 0 Å². The van der Waals surface area contributed by atoms with Crippen molar-refractivity contribution in [3.63, 3.8) is 0 Å². The molecule has 0 saturated carbocycles. The van der Waals surface area contributed by atoms with Crippen LogP contribution in [0.4, 0.5) is 0 Å². The number of rotatable bonds is 15. The van der Waals surface area contributed by atoms with Gasteiger partial charge in [-0.05, 0) is 12.8 Å². The molecule has 0 amide bonds. The third-order valence-electron chi connectivity index (χ3n) is 3.38. The molecule has 0 radical (unpaired) electrons. The quantitative estimate of drug-likeness (QED) is 0.189. The summed E-state index contributed by atoms with van der Waals surface area (Å²) < 4.78 is 32.3. The van der Waals surface area contributed by atoms with Crippen LogP contribution in [0, 0.1) is 0 Å². The molecule has 1 unspecified atom stereocenters. The van der Waals surface area contributed by atoms with Crippen LogP contribution >= 0.6 is 7.82 Å². The number of hydrogen-bond acceptors (Lipinski definition) is 7. The molecule has 0 heterocycles. The minimum Gasteiger partial charge on any atom is -0.423 e.